The number of carbonyl (C=O) groups excluding carboxylic acids is 1. The number of anilines is 1. The summed E-state index contributed by atoms with van der Waals surface area (Å²) >= 11 is 0. The van der Waals surface area contributed by atoms with E-state index >= 15 is 0 Å². The van der Waals surface area contributed by atoms with Crippen molar-refractivity contribution in [2.24, 2.45) is 0 Å². The summed E-state index contributed by atoms with van der Waals surface area (Å²) in [6.07, 6.45) is 4.65. The summed E-state index contributed by atoms with van der Waals surface area (Å²) in [5.74, 6) is 0. The largest absolute Gasteiger partial charge is 0.367 e. The topological polar surface area (TPSA) is 38.8 Å². The second kappa shape index (κ2) is 6.87. The Morgan fingerprint density at radius 2 is 1.84 bits per heavy atom. The summed E-state index contributed by atoms with van der Waals surface area (Å²) in [4.78, 5) is 19.8. The third-order valence-corrected chi connectivity index (χ3v) is 6.43. The van der Waals surface area contributed by atoms with Gasteiger partial charge >= 0.3 is 6.03 Å². The molecule has 5 nitrogen and oxygen atoms in total. The van der Waals surface area contributed by atoms with Gasteiger partial charge in [-0.2, -0.15) is 0 Å². The lowest BCUT2D eigenvalue weighted by Crippen LogP contribution is -2.48. The highest BCUT2D eigenvalue weighted by atomic mass is 16.2. The van der Waals surface area contributed by atoms with Gasteiger partial charge in [-0.05, 0) is 51.8 Å². The summed E-state index contributed by atoms with van der Waals surface area (Å²) in [6, 6.07) is 12.6. The molecule has 0 unspecified atom stereocenters. The molecule has 3 fully saturated rings. The molecule has 3 heterocycles. The predicted octanol–water partition coefficient (Wildman–Crippen LogP) is 2.53. The van der Waals surface area contributed by atoms with Crippen LogP contribution in [0.3, 0.4) is 0 Å². The predicted molar refractivity (Wildman–Crippen MR) is 101 cm³/mol. The number of para-hydroxylation sites is 1. The molecule has 4 atom stereocenters. The minimum atomic E-state index is 0.132. The molecule has 2 bridgehead atoms. The van der Waals surface area contributed by atoms with Crippen LogP contribution < -0.4 is 10.2 Å². The lowest BCUT2D eigenvalue weighted by atomic mass is 10.1. The van der Waals surface area contributed by atoms with Crippen molar-refractivity contribution in [1.29, 1.82) is 0 Å². The van der Waals surface area contributed by atoms with E-state index in [9.17, 15) is 4.79 Å². The molecule has 3 aliphatic heterocycles. The number of likely N-dealkylation sites (tertiary alicyclic amines) is 1. The number of fused-ring (bicyclic) bond motifs is 2. The van der Waals surface area contributed by atoms with Crippen molar-refractivity contribution in [3.8, 4) is 0 Å². The van der Waals surface area contributed by atoms with Gasteiger partial charge in [-0.1, -0.05) is 18.2 Å². The summed E-state index contributed by atoms with van der Waals surface area (Å²) < 4.78 is 0. The van der Waals surface area contributed by atoms with Crippen LogP contribution in [-0.2, 0) is 0 Å². The lowest BCUT2D eigenvalue weighted by Gasteiger charge is -2.27. The molecule has 0 aromatic heterocycles. The standard InChI is InChI=1S/C20H30N4O/c1-15-12-16(13-24(15)18-6-4-3-5-7-18)21-20(25)23-11-10-17-8-9-19(14-23)22(17)2/h3-7,15-17,19H,8-14H2,1-2H3,(H,21,25)/t15-,16-,17+,19-/m0/s1. The first kappa shape index (κ1) is 16.7. The molecule has 0 radical (unpaired) electrons. The zero-order chi connectivity index (χ0) is 17.4. The second-order valence-electron chi connectivity index (χ2n) is 8.00. The fourth-order valence-electron chi connectivity index (χ4n) is 4.87. The van der Waals surface area contributed by atoms with Crippen molar-refractivity contribution in [2.75, 3.05) is 31.6 Å². The molecule has 2 amide bonds. The number of rotatable bonds is 2. The highest BCUT2D eigenvalue weighted by Gasteiger charge is 2.37. The Labute approximate surface area is 151 Å². The fourth-order valence-corrected chi connectivity index (χ4v) is 4.87. The zero-order valence-electron chi connectivity index (χ0n) is 15.4. The van der Waals surface area contributed by atoms with Crippen LogP contribution in [-0.4, -0.2) is 66.7 Å². The number of nitrogens with zero attached hydrogens (tertiary/aromatic N) is 3. The van der Waals surface area contributed by atoms with Gasteiger partial charge in [0.1, 0.15) is 0 Å². The van der Waals surface area contributed by atoms with Gasteiger partial charge in [0, 0.05) is 43.4 Å². The van der Waals surface area contributed by atoms with Gasteiger partial charge in [-0.25, -0.2) is 4.79 Å². The first-order chi connectivity index (χ1) is 12.1. The van der Waals surface area contributed by atoms with Gasteiger partial charge < -0.3 is 15.1 Å². The Morgan fingerprint density at radius 3 is 2.64 bits per heavy atom. The van der Waals surface area contributed by atoms with Crippen LogP contribution in [0.25, 0.3) is 0 Å². The third-order valence-electron chi connectivity index (χ3n) is 6.43. The number of amides is 2. The first-order valence-electron chi connectivity index (χ1n) is 9.71. The van der Waals surface area contributed by atoms with E-state index in [1.54, 1.807) is 0 Å². The molecule has 3 aliphatic rings. The Balaban J connectivity index is 1.35. The molecular weight excluding hydrogens is 312 g/mol. The second-order valence-corrected chi connectivity index (χ2v) is 8.00. The lowest BCUT2D eigenvalue weighted by molar-refractivity contribution is 0.185. The molecule has 0 saturated carbocycles. The number of nitrogens with one attached hydrogen (secondary N) is 1. The van der Waals surface area contributed by atoms with Gasteiger partial charge in [0.2, 0.25) is 0 Å². The fraction of sp³-hybridized carbons (Fsp3) is 0.650. The molecule has 4 rings (SSSR count). The van der Waals surface area contributed by atoms with E-state index in [4.69, 9.17) is 0 Å². The van der Waals surface area contributed by atoms with Gasteiger partial charge in [0.25, 0.3) is 0 Å². The molecule has 0 spiro atoms. The van der Waals surface area contributed by atoms with Gasteiger partial charge in [0.05, 0.1) is 6.04 Å². The smallest absolute Gasteiger partial charge is 0.317 e. The summed E-state index contributed by atoms with van der Waals surface area (Å²) in [5, 5.41) is 3.31. The summed E-state index contributed by atoms with van der Waals surface area (Å²) in [6.45, 7) is 4.92. The number of carbonyl (C=O) groups is 1. The maximum absolute atomic E-state index is 12.8. The van der Waals surface area contributed by atoms with Crippen LogP contribution >= 0.6 is 0 Å². The van der Waals surface area contributed by atoms with Crippen LogP contribution in [0.15, 0.2) is 30.3 Å². The molecule has 1 aromatic rings. The zero-order valence-corrected chi connectivity index (χ0v) is 15.4. The average Bonchev–Trinajstić information content (AvgIpc) is 3.07. The van der Waals surface area contributed by atoms with Crippen molar-refractivity contribution in [3.05, 3.63) is 30.3 Å². The molecule has 1 N–H and O–H groups in total. The Bertz CT molecular complexity index is 607. The van der Waals surface area contributed by atoms with Crippen molar-refractivity contribution < 1.29 is 4.79 Å². The number of likely N-dealkylation sites (N-methyl/N-ethyl adjacent to an activating group) is 1. The van der Waals surface area contributed by atoms with Gasteiger partial charge in [-0.15, -0.1) is 0 Å². The minimum Gasteiger partial charge on any atom is -0.367 e. The molecule has 25 heavy (non-hydrogen) atoms. The molecule has 136 valence electrons. The van der Waals surface area contributed by atoms with Crippen molar-refractivity contribution in [2.45, 2.75) is 56.8 Å². The monoisotopic (exact) mass is 342 g/mol. The van der Waals surface area contributed by atoms with Crippen LogP contribution in [0.5, 0.6) is 0 Å². The van der Waals surface area contributed by atoms with Gasteiger partial charge in [-0.3, -0.25) is 4.90 Å². The molecule has 5 heteroatoms. The maximum Gasteiger partial charge on any atom is 0.317 e. The van der Waals surface area contributed by atoms with E-state index in [0.717, 1.165) is 32.5 Å². The Kier molecular flexibility index (Phi) is 4.59. The van der Waals surface area contributed by atoms with Gasteiger partial charge in [0.15, 0.2) is 0 Å². The van der Waals surface area contributed by atoms with Crippen molar-refractivity contribution in [3.63, 3.8) is 0 Å². The van der Waals surface area contributed by atoms with E-state index in [1.807, 2.05) is 6.07 Å². The molecule has 3 saturated heterocycles. The third kappa shape index (κ3) is 3.34. The average molecular weight is 342 g/mol. The number of benzene rings is 1. The minimum absolute atomic E-state index is 0.132. The summed E-state index contributed by atoms with van der Waals surface area (Å²) in [5.41, 5.74) is 1.25. The molecule has 0 aliphatic carbocycles. The molecule has 1 aromatic carbocycles. The normalized spacial score (nSPS) is 32.7. The van der Waals surface area contributed by atoms with Crippen LogP contribution in [0.1, 0.15) is 32.6 Å². The van der Waals surface area contributed by atoms with Crippen LogP contribution in [0, 0.1) is 0 Å². The quantitative estimate of drug-likeness (QED) is 0.898. The van der Waals surface area contributed by atoms with Crippen molar-refractivity contribution >= 4 is 11.7 Å². The van der Waals surface area contributed by atoms with Crippen LogP contribution in [0.4, 0.5) is 10.5 Å². The number of hydrogen-bond donors (Lipinski definition) is 1. The van der Waals surface area contributed by atoms with E-state index in [2.05, 4.69) is 58.3 Å². The number of urea groups is 1. The Hall–Kier alpha value is -1.75. The Morgan fingerprint density at radius 1 is 1.08 bits per heavy atom. The number of hydrogen-bond acceptors (Lipinski definition) is 3. The van der Waals surface area contributed by atoms with E-state index in [-0.39, 0.29) is 12.1 Å². The highest BCUT2D eigenvalue weighted by Crippen LogP contribution is 2.29. The SMILES string of the molecule is C[C@H]1C[C@H](NC(=O)N2CC[C@H]3CC[C@@H](C2)N3C)CN1c1ccccc1. The van der Waals surface area contributed by atoms with Crippen molar-refractivity contribution in [1.82, 2.24) is 15.1 Å². The first-order valence-corrected chi connectivity index (χ1v) is 9.71. The maximum atomic E-state index is 12.8. The summed E-state index contributed by atoms with van der Waals surface area (Å²) in [7, 11) is 2.22. The van der Waals surface area contributed by atoms with Crippen LogP contribution in [0.2, 0.25) is 0 Å². The highest BCUT2D eigenvalue weighted by molar-refractivity contribution is 5.75. The van der Waals surface area contributed by atoms with E-state index in [0.29, 0.717) is 18.1 Å². The van der Waals surface area contributed by atoms with E-state index < -0.39 is 0 Å². The molecular formula is C20H30N4O. The van der Waals surface area contributed by atoms with E-state index in [1.165, 1.54) is 18.5 Å².